The van der Waals surface area contributed by atoms with Crippen LogP contribution in [0.5, 0.6) is 0 Å². The van der Waals surface area contributed by atoms with Gasteiger partial charge in [0.15, 0.2) is 0 Å². The summed E-state index contributed by atoms with van der Waals surface area (Å²) in [4.78, 5) is 0. The largest absolute Gasteiger partial charge is 0.445 e. The molecule has 0 saturated heterocycles. The van der Waals surface area contributed by atoms with Crippen LogP contribution in [0.4, 0.5) is 13.2 Å². The predicted octanol–water partition coefficient (Wildman–Crippen LogP) is -0.381. The molecule has 13 heteroatoms. The molecule has 0 bridgehead atoms. The van der Waals surface area contributed by atoms with E-state index in [1.54, 1.807) is 0 Å². The first-order valence-electron chi connectivity index (χ1n) is 4.06. The highest BCUT2D eigenvalue weighted by Crippen LogP contribution is 2.32. The summed E-state index contributed by atoms with van der Waals surface area (Å²) in [7, 11) is -8.28. The van der Waals surface area contributed by atoms with Gasteiger partial charge >= 0.3 is 6.18 Å². The molecule has 2 N–H and O–H groups in total. The lowest BCUT2D eigenvalue weighted by Gasteiger charge is -1.99. The normalized spacial score (nSPS) is 13.8. The van der Waals surface area contributed by atoms with Crippen LogP contribution < -0.4 is 5.14 Å². The van der Waals surface area contributed by atoms with Gasteiger partial charge in [0.1, 0.15) is 0 Å². The van der Waals surface area contributed by atoms with Crippen LogP contribution in [0.3, 0.4) is 0 Å². The Morgan fingerprint density at radius 1 is 1.11 bits per heavy atom. The van der Waals surface area contributed by atoms with Crippen LogP contribution in [0, 0.1) is 0 Å². The molecule has 0 unspecified atom stereocenters. The van der Waals surface area contributed by atoms with Gasteiger partial charge in [0.2, 0.25) is 29.2 Å². The minimum atomic E-state index is -4.80. The molecule has 0 saturated carbocycles. The van der Waals surface area contributed by atoms with Crippen molar-refractivity contribution in [3.05, 3.63) is 5.01 Å². The number of sulfone groups is 1. The number of alkyl halides is 3. The molecule has 0 aliphatic carbocycles. The molecule has 1 rings (SSSR count). The van der Waals surface area contributed by atoms with Crippen LogP contribution >= 0.6 is 11.3 Å². The summed E-state index contributed by atoms with van der Waals surface area (Å²) in [5.74, 6) is -1.85. The molecule has 0 aliphatic heterocycles. The molecule has 104 valence electrons. The minimum Gasteiger partial charge on any atom is -0.229 e. The molecule has 0 fully saturated rings. The highest BCUT2D eigenvalue weighted by molar-refractivity contribution is 7.95. The van der Waals surface area contributed by atoms with Gasteiger partial charge in [0, 0.05) is 0 Å². The second-order valence-electron chi connectivity index (χ2n) is 3.06. The predicted molar refractivity (Wildman–Crippen MR) is 54.9 cm³/mol. The molecule has 1 aromatic heterocycles. The molecule has 1 heterocycles. The SMILES string of the molecule is NS(=O)(=O)CCS(=O)(=O)c1nnc(C(F)(F)F)s1. The Bertz CT molecular complexity index is 632. The first-order chi connectivity index (χ1) is 7.92. The maximum atomic E-state index is 12.2. The minimum absolute atomic E-state index is 0.173. The molecule has 0 amide bonds. The van der Waals surface area contributed by atoms with Gasteiger partial charge in [-0.05, 0) is 0 Å². The quantitative estimate of drug-likeness (QED) is 0.805. The van der Waals surface area contributed by atoms with E-state index >= 15 is 0 Å². The fraction of sp³-hybridized carbons (Fsp3) is 0.600. The number of hydrogen-bond acceptors (Lipinski definition) is 7. The van der Waals surface area contributed by atoms with Gasteiger partial charge in [0.05, 0.1) is 11.5 Å². The van der Waals surface area contributed by atoms with Crippen molar-refractivity contribution in [3.63, 3.8) is 0 Å². The van der Waals surface area contributed by atoms with Crippen LogP contribution in [0.25, 0.3) is 0 Å². The Hall–Kier alpha value is -0.790. The lowest BCUT2D eigenvalue weighted by molar-refractivity contribution is -0.138. The van der Waals surface area contributed by atoms with Crippen molar-refractivity contribution in [2.75, 3.05) is 11.5 Å². The zero-order valence-electron chi connectivity index (χ0n) is 8.38. The zero-order valence-corrected chi connectivity index (χ0v) is 10.8. The molecule has 18 heavy (non-hydrogen) atoms. The van der Waals surface area contributed by atoms with Crippen LogP contribution in [-0.2, 0) is 26.0 Å². The van der Waals surface area contributed by atoms with Crippen molar-refractivity contribution in [1.82, 2.24) is 10.2 Å². The van der Waals surface area contributed by atoms with Crippen LogP contribution in [0.1, 0.15) is 5.01 Å². The van der Waals surface area contributed by atoms with E-state index < -0.39 is 46.9 Å². The van der Waals surface area contributed by atoms with E-state index in [1.165, 1.54) is 0 Å². The summed E-state index contributed by atoms with van der Waals surface area (Å²) in [6.45, 7) is 0. The Balaban J connectivity index is 2.97. The Morgan fingerprint density at radius 3 is 2.06 bits per heavy atom. The molecule has 0 aromatic carbocycles. The number of nitrogens with two attached hydrogens (primary N) is 1. The van der Waals surface area contributed by atoms with E-state index in [1.807, 2.05) is 0 Å². The fourth-order valence-electron chi connectivity index (χ4n) is 0.763. The van der Waals surface area contributed by atoms with Crippen molar-refractivity contribution >= 4 is 31.2 Å². The highest BCUT2D eigenvalue weighted by Gasteiger charge is 2.37. The summed E-state index contributed by atoms with van der Waals surface area (Å²) in [6.07, 6.45) is -4.80. The molecule has 1 aromatic rings. The van der Waals surface area contributed by atoms with Gasteiger partial charge in [-0.1, -0.05) is 11.3 Å². The zero-order chi connectivity index (χ0) is 14.2. The molecular formula is C5H6F3N3O4S3. The number of sulfonamides is 1. The third-order valence-corrected chi connectivity index (χ3v) is 5.71. The molecular weight excluding hydrogens is 319 g/mol. The molecule has 0 spiro atoms. The monoisotopic (exact) mass is 325 g/mol. The molecule has 7 nitrogen and oxygen atoms in total. The average Bonchev–Trinajstić information content (AvgIpc) is 2.62. The van der Waals surface area contributed by atoms with Gasteiger partial charge in [-0.15, -0.1) is 10.2 Å². The van der Waals surface area contributed by atoms with Crippen molar-refractivity contribution in [2.45, 2.75) is 10.5 Å². The third-order valence-electron chi connectivity index (χ3n) is 1.55. The smallest absolute Gasteiger partial charge is 0.229 e. The topological polar surface area (TPSA) is 120 Å². The van der Waals surface area contributed by atoms with Crippen molar-refractivity contribution in [2.24, 2.45) is 5.14 Å². The average molecular weight is 325 g/mol. The van der Waals surface area contributed by atoms with Crippen LogP contribution in [-0.4, -0.2) is 38.5 Å². The number of aromatic nitrogens is 2. The Labute approximate surface area is 104 Å². The van der Waals surface area contributed by atoms with E-state index in [9.17, 15) is 30.0 Å². The summed E-state index contributed by atoms with van der Waals surface area (Å²) in [6, 6.07) is 0. The number of halogens is 3. The lowest BCUT2D eigenvalue weighted by Crippen LogP contribution is -2.23. The second-order valence-corrected chi connectivity index (χ2v) is 8.05. The number of nitrogens with zero attached hydrogens (tertiary/aromatic N) is 2. The Kier molecular flexibility index (Phi) is 4.00. The Morgan fingerprint density at radius 2 is 1.67 bits per heavy atom. The molecule has 0 aliphatic rings. The highest BCUT2D eigenvalue weighted by atomic mass is 32.2. The lowest BCUT2D eigenvalue weighted by atomic mass is 10.7. The van der Waals surface area contributed by atoms with Gasteiger partial charge in [-0.3, -0.25) is 0 Å². The van der Waals surface area contributed by atoms with Gasteiger partial charge in [-0.25, -0.2) is 22.0 Å². The first kappa shape index (κ1) is 15.3. The third kappa shape index (κ3) is 4.15. The summed E-state index contributed by atoms with van der Waals surface area (Å²) in [5, 5.41) is 8.73. The summed E-state index contributed by atoms with van der Waals surface area (Å²) >= 11 is -0.173. The van der Waals surface area contributed by atoms with Crippen LogP contribution in [0.15, 0.2) is 4.34 Å². The van der Waals surface area contributed by atoms with E-state index in [0.717, 1.165) is 0 Å². The summed E-state index contributed by atoms with van der Waals surface area (Å²) < 4.78 is 79.6. The maximum absolute atomic E-state index is 12.2. The van der Waals surface area contributed by atoms with Gasteiger partial charge < -0.3 is 0 Å². The standard InChI is InChI=1S/C5H6F3N3O4S3/c6-5(7,8)3-10-11-4(16-3)17(12,13)1-2-18(9,14)15/h1-2H2,(H2,9,14,15). The van der Waals surface area contributed by atoms with E-state index in [-0.39, 0.29) is 11.3 Å². The van der Waals surface area contributed by atoms with E-state index in [2.05, 4.69) is 15.3 Å². The second kappa shape index (κ2) is 4.71. The maximum Gasteiger partial charge on any atom is 0.445 e. The van der Waals surface area contributed by atoms with Gasteiger partial charge in [-0.2, -0.15) is 13.2 Å². The van der Waals surface area contributed by atoms with Crippen LogP contribution in [0.2, 0.25) is 0 Å². The summed E-state index contributed by atoms with van der Waals surface area (Å²) in [5.41, 5.74) is 0. The number of hydrogen-bond donors (Lipinski definition) is 1. The van der Waals surface area contributed by atoms with Crippen molar-refractivity contribution < 1.29 is 30.0 Å². The first-order valence-corrected chi connectivity index (χ1v) is 8.24. The number of rotatable bonds is 4. The van der Waals surface area contributed by atoms with Crippen molar-refractivity contribution in [3.8, 4) is 0 Å². The molecule has 0 radical (unpaired) electrons. The number of primary sulfonamides is 1. The van der Waals surface area contributed by atoms with E-state index in [0.29, 0.717) is 0 Å². The fourth-order valence-corrected chi connectivity index (χ4v) is 4.35. The van der Waals surface area contributed by atoms with Gasteiger partial charge in [0.25, 0.3) is 0 Å². The van der Waals surface area contributed by atoms with Crippen molar-refractivity contribution in [1.29, 1.82) is 0 Å². The van der Waals surface area contributed by atoms with E-state index in [4.69, 9.17) is 0 Å². The molecule has 0 atom stereocenters.